The summed E-state index contributed by atoms with van der Waals surface area (Å²) in [4.78, 5) is 26.1. The maximum absolute atomic E-state index is 13.2. The first-order chi connectivity index (χ1) is 13.9. The molecule has 2 amide bonds. The second-order valence-corrected chi connectivity index (χ2v) is 7.44. The molecule has 3 aromatic rings. The molecule has 0 aliphatic carbocycles. The minimum absolute atomic E-state index is 0.0767. The van der Waals surface area contributed by atoms with Gasteiger partial charge in [0, 0.05) is 17.6 Å². The number of para-hydroxylation sites is 1. The minimum Gasteiger partial charge on any atom is -0.350 e. The Bertz CT molecular complexity index is 992. The molecule has 0 unspecified atom stereocenters. The third-order valence-corrected chi connectivity index (χ3v) is 4.22. The third kappa shape index (κ3) is 4.54. The van der Waals surface area contributed by atoms with E-state index in [0.29, 0.717) is 5.69 Å². The molecule has 0 radical (unpaired) electrons. The quantitative estimate of drug-likeness (QED) is 0.672. The van der Waals surface area contributed by atoms with Crippen molar-refractivity contribution in [1.82, 2.24) is 20.4 Å². The lowest BCUT2D eigenvalue weighted by Crippen LogP contribution is -2.35. The van der Waals surface area contributed by atoms with Gasteiger partial charge in [-0.25, -0.2) is 4.68 Å². The molecule has 0 aliphatic heterocycles. The van der Waals surface area contributed by atoms with Crippen molar-refractivity contribution in [1.29, 1.82) is 0 Å². The molecule has 150 valence electrons. The molecule has 0 spiro atoms. The van der Waals surface area contributed by atoms with E-state index < -0.39 is 0 Å². The van der Waals surface area contributed by atoms with Crippen molar-refractivity contribution in [2.24, 2.45) is 0 Å². The average molecular weight is 390 g/mol. The lowest BCUT2D eigenvalue weighted by atomic mass is 10.0. The summed E-state index contributed by atoms with van der Waals surface area (Å²) in [7, 11) is 0. The van der Waals surface area contributed by atoms with Crippen LogP contribution in [0.1, 0.15) is 48.5 Å². The Morgan fingerprint density at radius 3 is 1.86 bits per heavy atom. The van der Waals surface area contributed by atoms with Crippen molar-refractivity contribution < 1.29 is 9.59 Å². The van der Waals surface area contributed by atoms with Crippen LogP contribution in [0.2, 0.25) is 0 Å². The van der Waals surface area contributed by atoms with E-state index in [2.05, 4.69) is 15.7 Å². The molecule has 2 N–H and O–H groups in total. The van der Waals surface area contributed by atoms with Gasteiger partial charge in [-0.3, -0.25) is 9.59 Å². The fourth-order valence-corrected chi connectivity index (χ4v) is 3.08. The van der Waals surface area contributed by atoms with Crippen LogP contribution in [0, 0.1) is 0 Å². The number of carbonyl (C=O) groups excluding carboxylic acids is 2. The summed E-state index contributed by atoms with van der Waals surface area (Å²) in [6.45, 7) is 7.52. The first kappa shape index (κ1) is 20.3. The Kier molecular flexibility index (Phi) is 6.12. The van der Waals surface area contributed by atoms with E-state index in [1.165, 1.54) is 0 Å². The van der Waals surface area contributed by atoms with Gasteiger partial charge in [0.1, 0.15) is 0 Å². The zero-order chi connectivity index (χ0) is 21.0. The predicted molar refractivity (Wildman–Crippen MR) is 114 cm³/mol. The van der Waals surface area contributed by atoms with Crippen LogP contribution in [0.4, 0.5) is 0 Å². The fraction of sp³-hybridized carbons (Fsp3) is 0.261. The standard InChI is InChI=1S/C23H26N4O2/c1-15(2)24-22(28)19-20(23(29)25-16(3)4)26-27(18-13-9-6-10-14-18)21(19)17-11-7-5-8-12-17/h5-16H,1-4H3,(H,24,28)(H,25,29). The highest BCUT2D eigenvalue weighted by atomic mass is 16.2. The number of benzene rings is 2. The number of amides is 2. The molecule has 0 saturated heterocycles. The number of nitrogens with zero attached hydrogens (tertiary/aromatic N) is 2. The molecule has 1 aromatic heterocycles. The molecule has 6 nitrogen and oxygen atoms in total. The Morgan fingerprint density at radius 2 is 1.31 bits per heavy atom. The topological polar surface area (TPSA) is 76.0 Å². The van der Waals surface area contributed by atoms with Gasteiger partial charge in [0.05, 0.1) is 16.9 Å². The van der Waals surface area contributed by atoms with Crippen LogP contribution < -0.4 is 10.6 Å². The number of hydrogen-bond donors (Lipinski definition) is 2. The maximum atomic E-state index is 13.2. The normalized spacial score (nSPS) is 11.0. The van der Waals surface area contributed by atoms with E-state index >= 15 is 0 Å². The zero-order valence-electron chi connectivity index (χ0n) is 17.1. The van der Waals surface area contributed by atoms with Crippen LogP contribution in [0.25, 0.3) is 16.9 Å². The highest BCUT2D eigenvalue weighted by Gasteiger charge is 2.29. The summed E-state index contributed by atoms with van der Waals surface area (Å²) < 4.78 is 1.67. The van der Waals surface area contributed by atoms with Gasteiger partial charge in [-0.05, 0) is 39.8 Å². The molecule has 0 atom stereocenters. The molecule has 0 aliphatic rings. The van der Waals surface area contributed by atoms with E-state index in [4.69, 9.17) is 0 Å². The van der Waals surface area contributed by atoms with Crippen molar-refractivity contribution in [2.45, 2.75) is 39.8 Å². The highest BCUT2D eigenvalue weighted by molar-refractivity contribution is 6.10. The summed E-state index contributed by atoms with van der Waals surface area (Å²) in [5.74, 6) is -0.698. The van der Waals surface area contributed by atoms with E-state index in [9.17, 15) is 9.59 Å². The lowest BCUT2D eigenvalue weighted by molar-refractivity contribution is 0.0906. The molecular formula is C23H26N4O2. The van der Waals surface area contributed by atoms with Gasteiger partial charge in [0.2, 0.25) is 0 Å². The zero-order valence-corrected chi connectivity index (χ0v) is 17.1. The Hall–Kier alpha value is -3.41. The van der Waals surface area contributed by atoms with Crippen LogP contribution in [-0.4, -0.2) is 33.7 Å². The van der Waals surface area contributed by atoms with Crippen molar-refractivity contribution in [3.63, 3.8) is 0 Å². The largest absolute Gasteiger partial charge is 0.350 e. The van der Waals surface area contributed by atoms with E-state index in [1.807, 2.05) is 88.4 Å². The summed E-state index contributed by atoms with van der Waals surface area (Å²) >= 11 is 0. The third-order valence-electron chi connectivity index (χ3n) is 4.22. The average Bonchev–Trinajstić information content (AvgIpc) is 3.09. The molecule has 0 bridgehead atoms. The molecule has 1 heterocycles. The second-order valence-electron chi connectivity index (χ2n) is 7.44. The number of nitrogens with one attached hydrogen (secondary N) is 2. The van der Waals surface area contributed by atoms with Crippen LogP contribution in [0.3, 0.4) is 0 Å². The molecular weight excluding hydrogens is 364 g/mol. The molecule has 6 heteroatoms. The number of rotatable bonds is 6. The predicted octanol–water partition coefficient (Wildman–Crippen LogP) is 3.82. The van der Waals surface area contributed by atoms with Crippen molar-refractivity contribution in [3.8, 4) is 16.9 Å². The van der Waals surface area contributed by atoms with E-state index in [0.717, 1.165) is 11.3 Å². The van der Waals surface area contributed by atoms with Gasteiger partial charge < -0.3 is 10.6 Å². The summed E-state index contributed by atoms with van der Waals surface area (Å²) in [6.07, 6.45) is 0. The molecule has 0 saturated carbocycles. The SMILES string of the molecule is CC(C)NC(=O)c1nn(-c2ccccc2)c(-c2ccccc2)c1C(=O)NC(C)C. The van der Waals surface area contributed by atoms with Crippen LogP contribution in [0.5, 0.6) is 0 Å². The van der Waals surface area contributed by atoms with Gasteiger partial charge in [-0.15, -0.1) is 0 Å². The maximum Gasteiger partial charge on any atom is 0.272 e. The number of aromatic nitrogens is 2. The molecule has 29 heavy (non-hydrogen) atoms. The Balaban J connectivity index is 2.30. The summed E-state index contributed by atoms with van der Waals surface area (Å²) in [5.41, 5.74) is 2.55. The lowest BCUT2D eigenvalue weighted by Gasteiger charge is -2.12. The highest BCUT2D eigenvalue weighted by Crippen LogP contribution is 2.29. The minimum atomic E-state index is -0.374. The Morgan fingerprint density at radius 1 is 0.793 bits per heavy atom. The second kappa shape index (κ2) is 8.73. The van der Waals surface area contributed by atoms with Gasteiger partial charge in [-0.2, -0.15) is 5.10 Å². The molecule has 2 aromatic carbocycles. The van der Waals surface area contributed by atoms with Gasteiger partial charge in [0.15, 0.2) is 5.69 Å². The van der Waals surface area contributed by atoms with Crippen molar-refractivity contribution in [2.75, 3.05) is 0 Å². The van der Waals surface area contributed by atoms with Crippen LogP contribution in [-0.2, 0) is 0 Å². The fourth-order valence-electron chi connectivity index (χ4n) is 3.08. The van der Waals surface area contributed by atoms with Gasteiger partial charge in [-0.1, -0.05) is 48.5 Å². The first-order valence-electron chi connectivity index (χ1n) is 9.74. The monoisotopic (exact) mass is 390 g/mol. The number of carbonyl (C=O) groups is 2. The van der Waals surface area contributed by atoms with E-state index in [-0.39, 0.29) is 35.2 Å². The van der Waals surface area contributed by atoms with Crippen molar-refractivity contribution in [3.05, 3.63) is 71.9 Å². The summed E-state index contributed by atoms with van der Waals surface area (Å²) in [5, 5.41) is 10.3. The van der Waals surface area contributed by atoms with Crippen molar-refractivity contribution >= 4 is 11.8 Å². The number of hydrogen-bond acceptors (Lipinski definition) is 3. The van der Waals surface area contributed by atoms with E-state index in [1.54, 1.807) is 4.68 Å². The van der Waals surface area contributed by atoms with Crippen LogP contribution in [0.15, 0.2) is 60.7 Å². The molecule has 0 fully saturated rings. The Labute approximate surface area is 170 Å². The summed E-state index contributed by atoms with van der Waals surface area (Å²) in [6, 6.07) is 18.9. The van der Waals surface area contributed by atoms with Gasteiger partial charge >= 0.3 is 0 Å². The smallest absolute Gasteiger partial charge is 0.272 e. The molecule has 3 rings (SSSR count). The van der Waals surface area contributed by atoms with Gasteiger partial charge in [0.25, 0.3) is 11.8 Å². The van der Waals surface area contributed by atoms with Crippen LogP contribution >= 0.6 is 0 Å². The first-order valence-corrected chi connectivity index (χ1v) is 9.74.